The number of hydrogen-bond donors (Lipinski definition) is 3. The maximum atomic E-state index is 13.9. The third-order valence-corrected chi connectivity index (χ3v) is 6.99. The van der Waals surface area contributed by atoms with E-state index < -0.39 is 11.6 Å². The van der Waals surface area contributed by atoms with E-state index in [1.54, 1.807) is 25.7 Å². The van der Waals surface area contributed by atoms with Crippen LogP contribution in [0.25, 0.3) is 21.5 Å². The Labute approximate surface area is 215 Å². The molecule has 0 aliphatic rings. The van der Waals surface area contributed by atoms with Crippen molar-refractivity contribution in [3.8, 4) is 11.1 Å². The van der Waals surface area contributed by atoms with E-state index in [9.17, 15) is 8.78 Å². The first kappa shape index (κ1) is 25.3. The largest absolute Gasteiger partial charge is 0.387 e. The van der Waals surface area contributed by atoms with Crippen molar-refractivity contribution in [3.63, 3.8) is 0 Å². The molecule has 0 aliphatic heterocycles. The summed E-state index contributed by atoms with van der Waals surface area (Å²) in [6, 6.07) is 8.83. The summed E-state index contributed by atoms with van der Waals surface area (Å²) in [6.45, 7) is 0. The molecule has 4 N–H and O–H groups in total. The molecule has 4 rings (SSSR count). The second-order valence-electron chi connectivity index (χ2n) is 7.67. The SMILES string of the molecule is CNc1c(-c2cc3scnc3nc2C(Cc2cc(F)cc(F)c2)NC)ccc(Cl)c1/C(N)=N/SC. The van der Waals surface area contributed by atoms with Crippen LogP contribution >= 0.6 is 34.9 Å². The fourth-order valence-electron chi connectivity index (χ4n) is 4.05. The topological polar surface area (TPSA) is 88.2 Å². The van der Waals surface area contributed by atoms with E-state index >= 15 is 0 Å². The standard InChI is InChI=1S/C24H23ClF2N6S2/c1-29-18(8-12-6-13(26)9-14(27)7-12)21-16(10-19-24(32-21)31-11-35-19)15-4-5-17(25)20(22(15)30-2)23(28)33-34-3/h4-7,9-11,18,29-30H,8H2,1-3H3,(H2,28,33). The van der Waals surface area contributed by atoms with Gasteiger partial charge in [-0.25, -0.2) is 18.7 Å². The first-order valence-electron chi connectivity index (χ1n) is 10.6. The summed E-state index contributed by atoms with van der Waals surface area (Å²) in [5.41, 5.74) is 12.7. The Bertz CT molecular complexity index is 1390. The van der Waals surface area contributed by atoms with Gasteiger partial charge in [0.05, 0.1) is 38.2 Å². The quantitative estimate of drug-likeness (QED) is 0.151. The van der Waals surface area contributed by atoms with Crippen LogP contribution in [0.5, 0.6) is 0 Å². The first-order valence-corrected chi connectivity index (χ1v) is 13.0. The molecule has 0 saturated heterocycles. The van der Waals surface area contributed by atoms with Gasteiger partial charge in [-0.05, 0) is 55.2 Å². The van der Waals surface area contributed by atoms with Crippen LogP contribution in [0.15, 0.2) is 46.3 Å². The summed E-state index contributed by atoms with van der Waals surface area (Å²) in [7, 11) is 3.57. The number of nitrogens with zero attached hydrogens (tertiary/aromatic N) is 3. The molecule has 2 heterocycles. The minimum atomic E-state index is -0.624. The van der Waals surface area contributed by atoms with Crippen LogP contribution in [-0.4, -0.2) is 36.2 Å². The van der Waals surface area contributed by atoms with Gasteiger partial charge in [0.25, 0.3) is 0 Å². The molecule has 0 spiro atoms. The Kier molecular flexibility index (Phi) is 7.85. The Balaban J connectivity index is 1.93. The highest BCUT2D eigenvalue weighted by Gasteiger charge is 2.24. The van der Waals surface area contributed by atoms with Gasteiger partial charge in [-0.3, -0.25) is 0 Å². The lowest BCUT2D eigenvalue weighted by Gasteiger charge is -2.22. The van der Waals surface area contributed by atoms with Crippen LogP contribution in [0, 0.1) is 11.6 Å². The van der Waals surface area contributed by atoms with Crippen molar-refractivity contribution < 1.29 is 8.78 Å². The normalized spacial score (nSPS) is 12.8. The fraction of sp³-hybridized carbons (Fsp3) is 0.208. The van der Waals surface area contributed by atoms with Crippen LogP contribution in [0.4, 0.5) is 14.5 Å². The molecule has 0 aliphatic carbocycles. The molecule has 0 radical (unpaired) electrons. The van der Waals surface area contributed by atoms with Crippen molar-refractivity contribution in [1.82, 2.24) is 15.3 Å². The molecule has 6 nitrogen and oxygen atoms in total. The van der Waals surface area contributed by atoms with Crippen LogP contribution < -0.4 is 16.4 Å². The monoisotopic (exact) mass is 532 g/mol. The molecule has 2 aromatic carbocycles. The predicted molar refractivity (Wildman–Crippen MR) is 144 cm³/mol. The number of benzene rings is 2. The van der Waals surface area contributed by atoms with Gasteiger partial charge in [0.1, 0.15) is 17.5 Å². The number of likely N-dealkylation sites (N-methyl/N-ethyl adjacent to an activating group) is 1. The van der Waals surface area contributed by atoms with Crippen molar-refractivity contribution in [2.24, 2.45) is 10.1 Å². The minimum Gasteiger partial charge on any atom is -0.387 e. The highest BCUT2D eigenvalue weighted by Crippen LogP contribution is 2.40. The maximum absolute atomic E-state index is 13.9. The van der Waals surface area contributed by atoms with Crippen LogP contribution in [0.1, 0.15) is 22.9 Å². The van der Waals surface area contributed by atoms with E-state index in [1.165, 1.54) is 35.4 Å². The van der Waals surface area contributed by atoms with Gasteiger partial charge in [0.15, 0.2) is 5.65 Å². The summed E-state index contributed by atoms with van der Waals surface area (Å²) in [6.07, 6.45) is 2.13. The van der Waals surface area contributed by atoms with Gasteiger partial charge in [0.2, 0.25) is 0 Å². The summed E-state index contributed by atoms with van der Waals surface area (Å²) in [5.74, 6) is -0.954. The Morgan fingerprint density at radius 1 is 1.17 bits per heavy atom. The number of thiazole rings is 1. The Hall–Kier alpha value is -2.79. The van der Waals surface area contributed by atoms with Crippen molar-refractivity contribution in [2.45, 2.75) is 12.5 Å². The number of amidine groups is 1. The molecular formula is C24H23ClF2N6S2. The minimum absolute atomic E-state index is 0.294. The highest BCUT2D eigenvalue weighted by molar-refractivity contribution is 7.97. The predicted octanol–water partition coefficient (Wildman–Crippen LogP) is 5.82. The molecule has 0 bridgehead atoms. The zero-order valence-corrected chi connectivity index (χ0v) is 21.6. The third kappa shape index (κ3) is 5.25. The molecule has 4 aromatic rings. The molecule has 35 heavy (non-hydrogen) atoms. The van der Waals surface area contributed by atoms with Gasteiger partial charge < -0.3 is 16.4 Å². The fourth-order valence-corrected chi connectivity index (χ4v) is 5.25. The summed E-state index contributed by atoms with van der Waals surface area (Å²) >= 11 is 9.24. The number of pyridine rings is 1. The number of fused-ring (bicyclic) bond motifs is 1. The molecule has 1 unspecified atom stereocenters. The second-order valence-corrected chi connectivity index (χ2v) is 9.51. The number of anilines is 1. The molecule has 0 amide bonds. The zero-order valence-electron chi connectivity index (χ0n) is 19.2. The number of rotatable bonds is 8. The van der Waals surface area contributed by atoms with E-state index in [2.05, 4.69) is 20.0 Å². The molecule has 2 aromatic heterocycles. The summed E-state index contributed by atoms with van der Waals surface area (Å²) < 4.78 is 32.9. The third-order valence-electron chi connectivity index (χ3n) is 5.53. The van der Waals surface area contributed by atoms with Gasteiger partial charge in [-0.15, -0.1) is 11.3 Å². The van der Waals surface area contributed by atoms with Crippen molar-refractivity contribution >= 4 is 56.8 Å². The molecule has 182 valence electrons. The number of nitrogens with two attached hydrogens (primary N) is 1. The van der Waals surface area contributed by atoms with Crippen molar-refractivity contribution in [3.05, 3.63) is 75.4 Å². The summed E-state index contributed by atoms with van der Waals surface area (Å²) in [4.78, 5) is 9.23. The van der Waals surface area contributed by atoms with Gasteiger partial charge in [-0.1, -0.05) is 17.7 Å². The number of hydrogen-bond acceptors (Lipinski definition) is 7. The van der Waals surface area contributed by atoms with Crippen LogP contribution in [0.3, 0.4) is 0 Å². The Morgan fingerprint density at radius 3 is 2.57 bits per heavy atom. The van der Waals surface area contributed by atoms with E-state index in [0.29, 0.717) is 45.4 Å². The zero-order chi connectivity index (χ0) is 25.1. The van der Waals surface area contributed by atoms with Crippen LogP contribution in [0.2, 0.25) is 5.02 Å². The van der Waals surface area contributed by atoms with Gasteiger partial charge in [-0.2, -0.15) is 4.40 Å². The lowest BCUT2D eigenvalue weighted by Crippen LogP contribution is -2.22. The lowest BCUT2D eigenvalue weighted by molar-refractivity contribution is 0.556. The number of nitrogens with one attached hydrogen (secondary N) is 2. The average molecular weight is 533 g/mol. The molecular weight excluding hydrogens is 510 g/mol. The molecule has 0 fully saturated rings. The molecule has 1 atom stereocenters. The average Bonchev–Trinajstić information content (AvgIpc) is 3.28. The van der Waals surface area contributed by atoms with E-state index in [-0.39, 0.29) is 6.04 Å². The Morgan fingerprint density at radius 2 is 1.91 bits per heavy atom. The van der Waals surface area contributed by atoms with Crippen LogP contribution in [-0.2, 0) is 6.42 Å². The molecule has 11 heteroatoms. The number of aromatic nitrogens is 2. The molecule has 0 saturated carbocycles. The maximum Gasteiger partial charge on any atom is 0.170 e. The first-order chi connectivity index (χ1) is 16.9. The lowest BCUT2D eigenvalue weighted by atomic mass is 9.93. The van der Waals surface area contributed by atoms with Crippen molar-refractivity contribution in [1.29, 1.82) is 0 Å². The highest BCUT2D eigenvalue weighted by atomic mass is 35.5. The second kappa shape index (κ2) is 10.9. The smallest absolute Gasteiger partial charge is 0.170 e. The number of halogens is 3. The van der Waals surface area contributed by atoms with E-state index in [1.807, 2.05) is 18.4 Å². The van der Waals surface area contributed by atoms with E-state index in [0.717, 1.165) is 21.9 Å². The van der Waals surface area contributed by atoms with Crippen molar-refractivity contribution in [2.75, 3.05) is 25.7 Å². The summed E-state index contributed by atoms with van der Waals surface area (Å²) in [5, 5.41) is 6.93. The van der Waals surface area contributed by atoms with Gasteiger partial charge >= 0.3 is 0 Å². The van der Waals surface area contributed by atoms with Gasteiger partial charge in [0, 0.05) is 30.5 Å². The van der Waals surface area contributed by atoms with E-state index in [4.69, 9.17) is 22.3 Å².